The molecule has 0 N–H and O–H groups in total. The van der Waals surface area contributed by atoms with Crippen molar-refractivity contribution in [2.45, 2.75) is 11.6 Å². The standard InChI is InChI=1S/C19H15N3O3S/c1-25-18(24)13-8-9-15-16(12-13)21-19(26-11-5-10-20)22(17(15)23)14-6-3-2-4-7-14/h2-4,6-9,12H,5,11H2,1H3. The molecule has 6 nitrogen and oxygen atoms in total. The first-order chi connectivity index (χ1) is 12.7. The number of fused-ring (bicyclic) bond motifs is 1. The topological polar surface area (TPSA) is 85.0 Å². The summed E-state index contributed by atoms with van der Waals surface area (Å²) in [5.41, 5.74) is 1.22. The second-order valence-electron chi connectivity index (χ2n) is 5.35. The van der Waals surface area contributed by atoms with Gasteiger partial charge < -0.3 is 4.74 Å². The van der Waals surface area contributed by atoms with Gasteiger partial charge in [-0.2, -0.15) is 5.26 Å². The van der Waals surface area contributed by atoms with Crippen LogP contribution in [0.5, 0.6) is 0 Å². The number of nitriles is 1. The predicted octanol–water partition coefficient (Wildman–Crippen LogP) is 3.18. The van der Waals surface area contributed by atoms with E-state index in [1.54, 1.807) is 18.2 Å². The van der Waals surface area contributed by atoms with Crippen LogP contribution < -0.4 is 5.56 Å². The monoisotopic (exact) mass is 365 g/mol. The number of esters is 1. The lowest BCUT2D eigenvalue weighted by Crippen LogP contribution is -2.22. The lowest BCUT2D eigenvalue weighted by Gasteiger charge is -2.13. The first-order valence-electron chi connectivity index (χ1n) is 7.86. The lowest BCUT2D eigenvalue weighted by molar-refractivity contribution is 0.0601. The number of thioether (sulfide) groups is 1. The molecule has 0 saturated carbocycles. The van der Waals surface area contributed by atoms with Gasteiger partial charge in [-0.15, -0.1) is 0 Å². The molecular weight excluding hydrogens is 350 g/mol. The van der Waals surface area contributed by atoms with E-state index in [1.165, 1.54) is 23.4 Å². The van der Waals surface area contributed by atoms with Crippen molar-refractivity contribution < 1.29 is 9.53 Å². The smallest absolute Gasteiger partial charge is 0.337 e. The number of nitrogens with zero attached hydrogens (tertiary/aromatic N) is 3. The van der Waals surface area contributed by atoms with E-state index >= 15 is 0 Å². The Bertz CT molecular complexity index is 1060. The molecule has 0 amide bonds. The first kappa shape index (κ1) is 17.7. The van der Waals surface area contributed by atoms with Crippen LogP contribution in [-0.4, -0.2) is 28.4 Å². The maximum atomic E-state index is 13.1. The molecule has 0 saturated heterocycles. The zero-order chi connectivity index (χ0) is 18.5. The van der Waals surface area contributed by atoms with Crippen LogP contribution in [0.1, 0.15) is 16.8 Å². The molecule has 2 aromatic carbocycles. The molecule has 3 rings (SSSR count). The van der Waals surface area contributed by atoms with Crippen molar-refractivity contribution >= 4 is 28.6 Å². The summed E-state index contributed by atoms with van der Waals surface area (Å²) >= 11 is 1.33. The summed E-state index contributed by atoms with van der Waals surface area (Å²) in [5.74, 6) is 0.0254. The van der Waals surface area contributed by atoms with Crippen LogP contribution in [0.2, 0.25) is 0 Å². The minimum absolute atomic E-state index is 0.225. The summed E-state index contributed by atoms with van der Waals surface area (Å²) in [6, 6.07) is 16.0. The molecule has 1 aromatic heterocycles. The number of para-hydroxylation sites is 1. The van der Waals surface area contributed by atoms with Crippen LogP contribution >= 0.6 is 11.8 Å². The molecule has 0 aliphatic heterocycles. The molecule has 0 unspecified atom stereocenters. The fourth-order valence-corrected chi connectivity index (χ4v) is 3.36. The third-order valence-corrected chi connectivity index (χ3v) is 4.66. The van der Waals surface area contributed by atoms with E-state index in [0.717, 1.165) is 0 Å². The maximum Gasteiger partial charge on any atom is 0.337 e. The molecule has 1 heterocycles. The van der Waals surface area contributed by atoms with E-state index in [9.17, 15) is 9.59 Å². The van der Waals surface area contributed by atoms with E-state index in [0.29, 0.717) is 39.5 Å². The van der Waals surface area contributed by atoms with E-state index in [4.69, 9.17) is 10.00 Å². The largest absolute Gasteiger partial charge is 0.465 e. The SMILES string of the molecule is COC(=O)c1ccc2c(=O)n(-c3ccccc3)c(SCCC#N)nc2c1. The highest BCUT2D eigenvalue weighted by Gasteiger charge is 2.15. The second kappa shape index (κ2) is 7.85. The number of carbonyl (C=O) groups excluding carboxylic acids is 1. The van der Waals surface area contributed by atoms with Crippen LogP contribution in [0, 0.1) is 11.3 Å². The second-order valence-corrected chi connectivity index (χ2v) is 6.41. The highest BCUT2D eigenvalue weighted by atomic mass is 32.2. The summed E-state index contributed by atoms with van der Waals surface area (Å²) in [6.45, 7) is 0. The highest BCUT2D eigenvalue weighted by molar-refractivity contribution is 7.99. The number of aromatic nitrogens is 2. The van der Waals surface area contributed by atoms with Crippen LogP contribution in [0.15, 0.2) is 58.5 Å². The Morgan fingerprint density at radius 2 is 2.04 bits per heavy atom. The number of rotatable bonds is 5. The molecule has 0 aliphatic carbocycles. The summed E-state index contributed by atoms with van der Waals surface area (Å²) in [4.78, 5) is 29.4. The first-order valence-corrected chi connectivity index (χ1v) is 8.84. The van der Waals surface area contributed by atoms with Gasteiger partial charge in [-0.3, -0.25) is 9.36 Å². The van der Waals surface area contributed by atoms with E-state index in [2.05, 4.69) is 11.1 Å². The van der Waals surface area contributed by atoms with Crippen LogP contribution in [0.4, 0.5) is 0 Å². The Labute approximate surface area is 154 Å². The van der Waals surface area contributed by atoms with Crippen molar-refractivity contribution in [3.63, 3.8) is 0 Å². The fraction of sp³-hybridized carbons (Fsp3) is 0.158. The summed E-state index contributed by atoms with van der Waals surface area (Å²) in [7, 11) is 1.30. The molecule has 7 heteroatoms. The summed E-state index contributed by atoms with van der Waals surface area (Å²) < 4.78 is 6.26. The molecule has 0 aliphatic rings. The van der Waals surface area contributed by atoms with Crippen LogP contribution in [0.3, 0.4) is 0 Å². The Balaban J connectivity index is 2.22. The Kier molecular flexibility index (Phi) is 5.34. The fourth-order valence-electron chi connectivity index (χ4n) is 2.50. The van der Waals surface area contributed by atoms with Gasteiger partial charge in [0.1, 0.15) is 0 Å². The third-order valence-electron chi connectivity index (χ3n) is 3.72. The normalized spacial score (nSPS) is 10.5. The zero-order valence-electron chi connectivity index (χ0n) is 14.0. The minimum atomic E-state index is -0.486. The van der Waals surface area contributed by atoms with Crippen molar-refractivity contribution in [3.05, 3.63) is 64.4 Å². The number of hydrogen-bond acceptors (Lipinski definition) is 6. The Morgan fingerprint density at radius 1 is 1.27 bits per heavy atom. The molecule has 3 aromatic rings. The summed E-state index contributed by atoms with van der Waals surface area (Å²) in [6.07, 6.45) is 0.343. The average Bonchev–Trinajstić information content (AvgIpc) is 2.68. The third kappa shape index (κ3) is 3.46. The van der Waals surface area contributed by atoms with Gasteiger partial charge in [0.25, 0.3) is 5.56 Å². The Hall–Kier alpha value is -3.11. The van der Waals surface area contributed by atoms with Crippen molar-refractivity contribution in [3.8, 4) is 11.8 Å². The number of methoxy groups -OCH3 is 1. The van der Waals surface area contributed by atoms with Gasteiger partial charge in [-0.1, -0.05) is 30.0 Å². The lowest BCUT2D eigenvalue weighted by atomic mass is 10.1. The molecule has 0 bridgehead atoms. The number of carbonyl (C=O) groups is 1. The predicted molar refractivity (Wildman–Crippen MR) is 99.6 cm³/mol. The molecule has 26 heavy (non-hydrogen) atoms. The number of benzene rings is 2. The van der Waals surface area contributed by atoms with Crippen molar-refractivity contribution in [1.82, 2.24) is 9.55 Å². The van der Waals surface area contributed by atoms with Gasteiger partial charge >= 0.3 is 5.97 Å². The van der Waals surface area contributed by atoms with Crippen molar-refractivity contribution in [1.29, 1.82) is 5.26 Å². The van der Waals surface area contributed by atoms with Gasteiger partial charge in [0.2, 0.25) is 0 Å². The minimum Gasteiger partial charge on any atom is -0.465 e. The maximum absolute atomic E-state index is 13.1. The molecule has 0 radical (unpaired) electrons. The highest BCUT2D eigenvalue weighted by Crippen LogP contribution is 2.22. The van der Waals surface area contributed by atoms with Crippen LogP contribution in [-0.2, 0) is 4.74 Å². The van der Waals surface area contributed by atoms with Gasteiger partial charge in [0, 0.05) is 12.2 Å². The van der Waals surface area contributed by atoms with Crippen molar-refractivity contribution in [2.75, 3.05) is 12.9 Å². The molecule has 0 fully saturated rings. The van der Waals surface area contributed by atoms with Gasteiger partial charge in [0.15, 0.2) is 5.16 Å². The number of ether oxygens (including phenoxy) is 1. The molecule has 130 valence electrons. The molecular formula is C19H15N3O3S. The van der Waals surface area contributed by atoms with Crippen LogP contribution in [0.25, 0.3) is 16.6 Å². The Morgan fingerprint density at radius 3 is 2.73 bits per heavy atom. The zero-order valence-corrected chi connectivity index (χ0v) is 14.8. The quantitative estimate of drug-likeness (QED) is 0.299. The van der Waals surface area contributed by atoms with Gasteiger partial charge in [-0.05, 0) is 30.3 Å². The average molecular weight is 365 g/mol. The van der Waals surface area contributed by atoms with Gasteiger partial charge in [0.05, 0.1) is 35.3 Å². The van der Waals surface area contributed by atoms with Crippen molar-refractivity contribution in [2.24, 2.45) is 0 Å². The van der Waals surface area contributed by atoms with E-state index in [-0.39, 0.29) is 5.56 Å². The van der Waals surface area contributed by atoms with E-state index < -0.39 is 5.97 Å². The number of hydrogen-bond donors (Lipinski definition) is 0. The molecule has 0 atom stereocenters. The van der Waals surface area contributed by atoms with E-state index in [1.807, 2.05) is 30.3 Å². The summed E-state index contributed by atoms with van der Waals surface area (Å²) in [5, 5.41) is 9.66. The van der Waals surface area contributed by atoms with Gasteiger partial charge in [-0.25, -0.2) is 9.78 Å². The molecule has 0 spiro atoms.